The first-order valence-corrected chi connectivity index (χ1v) is 13.2. The Morgan fingerprint density at radius 2 is 1.74 bits per heavy atom. The second-order valence-electron chi connectivity index (χ2n) is 9.73. The summed E-state index contributed by atoms with van der Waals surface area (Å²) >= 11 is 0. The van der Waals surface area contributed by atoms with Gasteiger partial charge < -0.3 is 24.4 Å². The Labute approximate surface area is 230 Å². The molecule has 0 spiro atoms. The van der Waals surface area contributed by atoms with E-state index in [-0.39, 0.29) is 0 Å². The summed E-state index contributed by atoms with van der Waals surface area (Å²) in [7, 11) is 4.02. The number of hydrogen-bond acceptors (Lipinski definition) is 9. The Balaban J connectivity index is 1.48. The average molecular weight is 535 g/mol. The van der Waals surface area contributed by atoms with E-state index < -0.39 is 6.09 Å². The Morgan fingerprint density at radius 1 is 1.03 bits per heavy atom. The van der Waals surface area contributed by atoms with Crippen molar-refractivity contribution < 1.29 is 19.0 Å². The van der Waals surface area contributed by atoms with Crippen molar-refractivity contribution in [1.29, 1.82) is 0 Å². The highest BCUT2D eigenvalue weighted by atomic mass is 16.6. The third-order valence-corrected chi connectivity index (χ3v) is 6.40. The van der Waals surface area contributed by atoms with E-state index in [0.29, 0.717) is 50.4 Å². The summed E-state index contributed by atoms with van der Waals surface area (Å²) in [5.74, 6) is 2.20. The molecule has 0 unspecified atom stereocenters. The van der Waals surface area contributed by atoms with Gasteiger partial charge in [0.05, 0.1) is 13.2 Å². The lowest BCUT2D eigenvalue weighted by molar-refractivity contribution is 0.0392. The number of ether oxygens (including phenoxy) is 3. The summed E-state index contributed by atoms with van der Waals surface area (Å²) in [5, 5.41) is 3.22. The molecule has 2 aromatic carbocycles. The largest absolute Gasteiger partial charge is 0.492 e. The van der Waals surface area contributed by atoms with Crippen molar-refractivity contribution in [2.45, 2.75) is 13.8 Å². The van der Waals surface area contributed by atoms with Crippen LogP contribution in [0, 0.1) is 13.8 Å². The number of rotatable bonds is 11. The fourth-order valence-corrected chi connectivity index (χ4v) is 4.14. The molecule has 0 atom stereocenters. The zero-order chi connectivity index (χ0) is 27.6. The van der Waals surface area contributed by atoms with Gasteiger partial charge in [0.25, 0.3) is 0 Å². The number of anilines is 3. The van der Waals surface area contributed by atoms with Crippen LogP contribution in [0.25, 0.3) is 0 Å². The van der Waals surface area contributed by atoms with Gasteiger partial charge in [-0.1, -0.05) is 18.2 Å². The first-order chi connectivity index (χ1) is 18.9. The molecule has 1 saturated heterocycles. The molecular weight excluding hydrogens is 496 g/mol. The molecule has 1 amide bonds. The van der Waals surface area contributed by atoms with Crippen LogP contribution in [0.15, 0.2) is 54.7 Å². The number of carbonyl (C=O) groups is 1. The molecule has 1 fully saturated rings. The molecule has 2 heterocycles. The normalized spacial score (nSPS) is 13.8. The lowest BCUT2D eigenvalue weighted by Gasteiger charge is -2.29. The molecule has 0 saturated carbocycles. The predicted octanol–water partition coefficient (Wildman–Crippen LogP) is 4.12. The maximum atomic E-state index is 13.5. The van der Waals surface area contributed by atoms with Crippen molar-refractivity contribution in [3.05, 3.63) is 65.9 Å². The summed E-state index contributed by atoms with van der Waals surface area (Å²) in [6, 6.07) is 15.1. The first kappa shape index (κ1) is 28.3. The summed E-state index contributed by atoms with van der Waals surface area (Å²) in [4.78, 5) is 28.4. The van der Waals surface area contributed by atoms with Gasteiger partial charge in [-0.15, -0.1) is 0 Å². The number of carbonyl (C=O) groups excluding carboxylic acids is 1. The molecule has 39 heavy (non-hydrogen) atoms. The third-order valence-electron chi connectivity index (χ3n) is 6.40. The van der Waals surface area contributed by atoms with E-state index in [1.54, 1.807) is 17.2 Å². The van der Waals surface area contributed by atoms with Gasteiger partial charge in [-0.2, -0.15) is 4.98 Å². The molecule has 1 aliphatic heterocycles. The van der Waals surface area contributed by atoms with Gasteiger partial charge in [-0.05, 0) is 69.4 Å². The van der Waals surface area contributed by atoms with E-state index in [4.69, 9.17) is 14.2 Å². The third kappa shape index (κ3) is 8.38. The van der Waals surface area contributed by atoms with Gasteiger partial charge in [-0.25, -0.2) is 9.78 Å². The number of likely N-dealkylation sites (N-methyl/N-ethyl adjacent to an activating group) is 1. The highest BCUT2D eigenvalue weighted by molar-refractivity contribution is 5.88. The minimum Gasteiger partial charge on any atom is -0.492 e. The molecule has 10 nitrogen and oxygen atoms in total. The second-order valence-corrected chi connectivity index (χ2v) is 9.73. The van der Waals surface area contributed by atoms with Crippen LogP contribution in [-0.2, 0) is 4.74 Å². The van der Waals surface area contributed by atoms with Crippen LogP contribution in [0.5, 0.6) is 11.5 Å². The zero-order valence-electron chi connectivity index (χ0n) is 23.2. The van der Waals surface area contributed by atoms with Gasteiger partial charge >= 0.3 is 6.09 Å². The fraction of sp³-hybridized carbons (Fsp3) is 0.414. The molecule has 0 bridgehead atoms. The first-order valence-electron chi connectivity index (χ1n) is 13.2. The van der Waals surface area contributed by atoms with Crippen molar-refractivity contribution in [1.82, 2.24) is 19.8 Å². The number of hydrogen-bond donors (Lipinski definition) is 1. The summed E-state index contributed by atoms with van der Waals surface area (Å²) in [6.07, 6.45) is 1.15. The molecule has 1 aliphatic rings. The number of amides is 1. The summed E-state index contributed by atoms with van der Waals surface area (Å²) < 4.78 is 17.1. The lowest BCUT2D eigenvalue weighted by Crippen LogP contribution is -2.44. The van der Waals surface area contributed by atoms with Gasteiger partial charge in [0.1, 0.15) is 23.9 Å². The highest BCUT2D eigenvalue weighted by Crippen LogP contribution is 2.25. The fourth-order valence-electron chi connectivity index (χ4n) is 4.14. The number of para-hydroxylation sites is 1. The van der Waals surface area contributed by atoms with Crippen LogP contribution < -0.4 is 19.7 Å². The van der Waals surface area contributed by atoms with E-state index in [0.717, 1.165) is 42.2 Å². The SMILES string of the molecule is Cc1cccc(C)c1OC(=O)N(CCN1CCOCC1)c1ccnc(Nc2ccc(OCCN(C)C)cc2)n1. The number of nitrogens with one attached hydrogen (secondary N) is 1. The molecule has 0 radical (unpaired) electrons. The minimum absolute atomic E-state index is 0.380. The molecule has 1 N–H and O–H groups in total. The topological polar surface area (TPSA) is 92.3 Å². The molecule has 3 aromatic rings. The van der Waals surface area contributed by atoms with Gasteiger partial charge in [0, 0.05) is 44.6 Å². The number of benzene rings is 2. The van der Waals surface area contributed by atoms with Crippen molar-refractivity contribution in [3.63, 3.8) is 0 Å². The molecule has 0 aliphatic carbocycles. The van der Waals surface area contributed by atoms with Gasteiger partial charge in [0.2, 0.25) is 5.95 Å². The van der Waals surface area contributed by atoms with Gasteiger partial charge in [-0.3, -0.25) is 9.80 Å². The van der Waals surface area contributed by atoms with E-state index in [9.17, 15) is 4.79 Å². The smallest absolute Gasteiger partial charge is 0.421 e. The quantitative estimate of drug-likeness (QED) is 0.390. The van der Waals surface area contributed by atoms with Crippen LogP contribution in [-0.4, -0.2) is 92.5 Å². The number of aromatic nitrogens is 2. The summed E-state index contributed by atoms with van der Waals surface area (Å²) in [6.45, 7) is 9.43. The number of morpholine rings is 1. The lowest BCUT2D eigenvalue weighted by atomic mass is 10.1. The van der Waals surface area contributed by atoms with Crippen LogP contribution in [0.4, 0.5) is 22.2 Å². The zero-order valence-corrected chi connectivity index (χ0v) is 23.2. The monoisotopic (exact) mass is 534 g/mol. The van der Waals surface area contributed by atoms with Crippen molar-refractivity contribution in [2.24, 2.45) is 0 Å². The van der Waals surface area contributed by atoms with Gasteiger partial charge in [0.15, 0.2) is 0 Å². The molecule has 4 rings (SSSR count). The van der Waals surface area contributed by atoms with Crippen LogP contribution >= 0.6 is 0 Å². The van der Waals surface area contributed by atoms with Crippen LogP contribution in [0.2, 0.25) is 0 Å². The molecule has 10 heteroatoms. The minimum atomic E-state index is -0.482. The number of nitrogens with zero attached hydrogens (tertiary/aromatic N) is 5. The molecular formula is C29H38N6O4. The summed E-state index contributed by atoms with van der Waals surface area (Å²) in [5.41, 5.74) is 2.61. The maximum Gasteiger partial charge on any atom is 0.421 e. The van der Waals surface area contributed by atoms with Crippen LogP contribution in [0.1, 0.15) is 11.1 Å². The predicted molar refractivity (Wildman–Crippen MR) is 152 cm³/mol. The van der Waals surface area contributed by atoms with E-state index in [1.165, 1.54) is 0 Å². The van der Waals surface area contributed by atoms with E-state index >= 15 is 0 Å². The molecule has 1 aromatic heterocycles. The van der Waals surface area contributed by atoms with Crippen LogP contribution in [0.3, 0.4) is 0 Å². The Bertz CT molecular complexity index is 1190. The second kappa shape index (κ2) is 13.9. The average Bonchev–Trinajstić information content (AvgIpc) is 2.93. The Morgan fingerprint density at radius 3 is 2.44 bits per heavy atom. The van der Waals surface area contributed by atoms with Crippen molar-refractivity contribution in [2.75, 3.05) is 76.9 Å². The Hall–Kier alpha value is -3.73. The maximum absolute atomic E-state index is 13.5. The van der Waals surface area contributed by atoms with E-state index in [2.05, 4.69) is 25.1 Å². The van der Waals surface area contributed by atoms with Crippen molar-refractivity contribution in [3.8, 4) is 11.5 Å². The standard InChI is InChI=1S/C29H38N6O4/c1-22-6-5-7-23(2)27(22)39-29(36)35(15-14-34-17-19-37-20-18-34)26-12-13-30-28(32-26)31-24-8-10-25(11-9-24)38-21-16-33(3)4/h5-13H,14-21H2,1-4H3,(H,30,31,32). The Kier molecular flexibility index (Phi) is 10.1. The number of aryl methyl sites for hydroxylation is 2. The van der Waals surface area contributed by atoms with Crippen molar-refractivity contribution >= 4 is 23.5 Å². The highest BCUT2D eigenvalue weighted by Gasteiger charge is 2.23. The molecule has 208 valence electrons. The van der Waals surface area contributed by atoms with E-state index in [1.807, 2.05) is 70.4 Å².